The summed E-state index contributed by atoms with van der Waals surface area (Å²) < 4.78 is 5.10. The van der Waals surface area contributed by atoms with Crippen LogP contribution in [0.1, 0.15) is 38.7 Å². The summed E-state index contributed by atoms with van der Waals surface area (Å²) in [5.41, 5.74) is 1.46. The van der Waals surface area contributed by atoms with Crippen LogP contribution in [-0.2, 0) is 11.2 Å². The zero-order valence-corrected chi connectivity index (χ0v) is 13.4. The molecule has 0 heterocycles. The molecule has 0 saturated carbocycles. The minimum absolute atomic E-state index is 0.721. The van der Waals surface area contributed by atoms with Gasteiger partial charge in [0.05, 0.1) is 6.61 Å². The normalized spacial score (nSPS) is 12.8. The molecule has 1 atom stereocenters. The number of ether oxygens (including phenoxy) is 1. The summed E-state index contributed by atoms with van der Waals surface area (Å²) in [6.07, 6.45) is 5.08. The summed E-state index contributed by atoms with van der Waals surface area (Å²) in [5, 5.41) is 3.54. The fraction of sp³-hybridized carbons (Fsp3) is 0.667. The van der Waals surface area contributed by atoms with Gasteiger partial charge in [0.15, 0.2) is 0 Å². The first-order valence-corrected chi connectivity index (χ1v) is 8.03. The highest BCUT2D eigenvalue weighted by molar-refractivity contribution is 5.15. The average Bonchev–Trinajstić information content (AvgIpc) is 2.49. The van der Waals surface area contributed by atoms with Gasteiger partial charge in [0.1, 0.15) is 0 Å². The van der Waals surface area contributed by atoms with Gasteiger partial charge in [-0.3, -0.25) is 0 Å². The van der Waals surface area contributed by atoms with Crippen LogP contribution < -0.4 is 5.32 Å². The molecule has 20 heavy (non-hydrogen) atoms. The Kier molecular flexibility index (Phi) is 9.35. The molecule has 2 heteroatoms. The van der Waals surface area contributed by atoms with E-state index in [0.717, 1.165) is 31.5 Å². The molecular weight excluding hydrogens is 246 g/mol. The van der Waals surface area contributed by atoms with Gasteiger partial charge >= 0.3 is 0 Å². The molecule has 1 unspecified atom stereocenters. The maximum atomic E-state index is 5.10. The fourth-order valence-corrected chi connectivity index (χ4v) is 2.76. The standard InChI is InChI=1S/C18H31NO/c1-4-16(5-2)13-18(15-19-11-12-20-3)14-17-9-7-6-8-10-17/h6-10,16,18-19H,4-5,11-15H2,1-3H3. The molecular formula is C18H31NO. The third kappa shape index (κ3) is 7.06. The first-order chi connectivity index (χ1) is 9.80. The first kappa shape index (κ1) is 17.2. The SMILES string of the molecule is CCC(CC)CC(CNCCOC)Cc1ccccc1. The lowest BCUT2D eigenvalue weighted by molar-refractivity contribution is 0.196. The molecule has 1 aromatic rings. The van der Waals surface area contributed by atoms with E-state index < -0.39 is 0 Å². The monoisotopic (exact) mass is 277 g/mol. The van der Waals surface area contributed by atoms with Crippen molar-refractivity contribution in [3.05, 3.63) is 35.9 Å². The molecule has 1 aromatic carbocycles. The lowest BCUT2D eigenvalue weighted by atomic mass is 9.86. The van der Waals surface area contributed by atoms with E-state index in [2.05, 4.69) is 49.5 Å². The Balaban J connectivity index is 2.49. The van der Waals surface area contributed by atoms with Crippen LogP contribution in [0.3, 0.4) is 0 Å². The van der Waals surface area contributed by atoms with Crippen molar-refractivity contribution in [2.75, 3.05) is 26.8 Å². The van der Waals surface area contributed by atoms with E-state index >= 15 is 0 Å². The van der Waals surface area contributed by atoms with Crippen molar-refractivity contribution in [3.63, 3.8) is 0 Å². The smallest absolute Gasteiger partial charge is 0.0587 e. The van der Waals surface area contributed by atoms with E-state index in [-0.39, 0.29) is 0 Å². The quantitative estimate of drug-likeness (QED) is 0.619. The van der Waals surface area contributed by atoms with Gasteiger partial charge in [0, 0.05) is 13.7 Å². The van der Waals surface area contributed by atoms with Crippen molar-refractivity contribution < 1.29 is 4.74 Å². The van der Waals surface area contributed by atoms with Crippen LogP contribution in [0.5, 0.6) is 0 Å². The van der Waals surface area contributed by atoms with Crippen LogP contribution in [0.2, 0.25) is 0 Å². The lowest BCUT2D eigenvalue weighted by Gasteiger charge is -2.22. The molecule has 0 amide bonds. The van der Waals surface area contributed by atoms with Crippen LogP contribution in [0.4, 0.5) is 0 Å². The topological polar surface area (TPSA) is 21.3 Å². The van der Waals surface area contributed by atoms with Gasteiger partial charge in [0.2, 0.25) is 0 Å². The van der Waals surface area contributed by atoms with Crippen molar-refractivity contribution in [1.29, 1.82) is 0 Å². The minimum Gasteiger partial charge on any atom is -0.383 e. The molecule has 1 rings (SSSR count). The molecule has 0 radical (unpaired) electrons. The Bertz CT molecular complexity index is 321. The second kappa shape index (κ2) is 10.9. The Labute approximate surface area is 124 Å². The van der Waals surface area contributed by atoms with E-state index in [1.807, 2.05) is 0 Å². The van der Waals surface area contributed by atoms with Crippen molar-refractivity contribution in [3.8, 4) is 0 Å². The van der Waals surface area contributed by atoms with Crippen molar-refractivity contribution in [2.45, 2.75) is 39.5 Å². The van der Waals surface area contributed by atoms with Gasteiger partial charge in [-0.05, 0) is 36.8 Å². The Hall–Kier alpha value is -0.860. The second-order valence-corrected chi connectivity index (χ2v) is 5.67. The zero-order chi connectivity index (χ0) is 14.6. The molecule has 0 aliphatic heterocycles. The third-order valence-electron chi connectivity index (χ3n) is 4.10. The van der Waals surface area contributed by atoms with Crippen molar-refractivity contribution in [2.24, 2.45) is 11.8 Å². The van der Waals surface area contributed by atoms with Gasteiger partial charge in [-0.2, -0.15) is 0 Å². The van der Waals surface area contributed by atoms with E-state index in [1.54, 1.807) is 7.11 Å². The fourth-order valence-electron chi connectivity index (χ4n) is 2.76. The Morgan fingerprint density at radius 3 is 2.35 bits per heavy atom. The van der Waals surface area contributed by atoms with Crippen LogP contribution in [0.15, 0.2) is 30.3 Å². The summed E-state index contributed by atoms with van der Waals surface area (Å²) in [4.78, 5) is 0. The highest BCUT2D eigenvalue weighted by atomic mass is 16.5. The maximum Gasteiger partial charge on any atom is 0.0587 e. The van der Waals surface area contributed by atoms with Crippen molar-refractivity contribution >= 4 is 0 Å². The molecule has 0 bridgehead atoms. The van der Waals surface area contributed by atoms with Gasteiger partial charge in [0.25, 0.3) is 0 Å². The molecule has 0 aliphatic rings. The first-order valence-electron chi connectivity index (χ1n) is 8.03. The predicted octanol–water partition coefficient (Wildman–Crippen LogP) is 3.91. The van der Waals surface area contributed by atoms with E-state index in [0.29, 0.717) is 0 Å². The van der Waals surface area contributed by atoms with E-state index in [9.17, 15) is 0 Å². The molecule has 0 spiro atoms. The molecule has 1 N–H and O–H groups in total. The number of benzene rings is 1. The summed E-state index contributed by atoms with van der Waals surface area (Å²) in [7, 11) is 1.76. The number of hydrogen-bond donors (Lipinski definition) is 1. The minimum atomic E-state index is 0.721. The van der Waals surface area contributed by atoms with Crippen LogP contribution in [0.25, 0.3) is 0 Å². The lowest BCUT2D eigenvalue weighted by Crippen LogP contribution is -2.28. The molecule has 0 fully saturated rings. The molecule has 0 aliphatic carbocycles. The van der Waals surface area contributed by atoms with Crippen molar-refractivity contribution in [1.82, 2.24) is 5.32 Å². The van der Waals surface area contributed by atoms with Gasteiger partial charge in [-0.15, -0.1) is 0 Å². The maximum absolute atomic E-state index is 5.10. The molecule has 0 saturated heterocycles. The molecule has 2 nitrogen and oxygen atoms in total. The highest BCUT2D eigenvalue weighted by Crippen LogP contribution is 2.21. The molecule has 0 aromatic heterocycles. The van der Waals surface area contributed by atoms with Gasteiger partial charge in [-0.25, -0.2) is 0 Å². The summed E-state index contributed by atoms with van der Waals surface area (Å²) >= 11 is 0. The average molecular weight is 277 g/mol. The van der Waals surface area contributed by atoms with Crippen LogP contribution in [0, 0.1) is 11.8 Å². The van der Waals surface area contributed by atoms with Crippen LogP contribution in [-0.4, -0.2) is 26.8 Å². The number of nitrogens with one attached hydrogen (secondary N) is 1. The van der Waals surface area contributed by atoms with Crippen LogP contribution >= 0.6 is 0 Å². The number of methoxy groups -OCH3 is 1. The number of rotatable bonds is 11. The van der Waals surface area contributed by atoms with E-state index in [4.69, 9.17) is 4.74 Å². The highest BCUT2D eigenvalue weighted by Gasteiger charge is 2.14. The molecule has 114 valence electrons. The summed E-state index contributed by atoms with van der Waals surface area (Å²) in [6.45, 7) is 7.46. The second-order valence-electron chi connectivity index (χ2n) is 5.67. The van der Waals surface area contributed by atoms with E-state index in [1.165, 1.54) is 31.2 Å². The predicted molar refractivity (Wildman–Crippen MR) is 87.1 cm³/mol. The Morgan fingerprint density at radius 1 is 1.05 bits per heavy atom. The summed E-state index contributed by atoms with van der Waals surface area (Å²) in [5.74, 6) is 1.58. The third-order valence-corrected chi connectivity index (χ3v) is 4.10. The largest absolute Gasteiger partial charge is 0.383 e. The van der Waals surface area contributed by atoms with Gasteiger partial charge < -0.3 is 10.1 Å². The van der Waals surface area contributed by atoms with Gasteiger partial charge in [-0.1, -0.05) is 57.0 Å². The zero-order valence-electron chi connectivity index (χ0n) is 13.4. The summed E-state index contributed by atoms with van der Waals surface area (Å²) in [6, 6.07) is 10.9. The Morgan fingerprint density at radius 2 is 1.75 bits per heavy atom. The number of hydrogen-bond acceptors (Lipinski definition) is 2.